The minimum atomic E-state index is -0.958. The van der Waals surface area contributed by atoms with Crippen LogP contribution in [0.25, 0.3) is 0 Å². The van der Waals surface area contributed by atoms with Gasteiger partial charge in [0.2, 0.25) is 0 Å². The second kappa shape index (κ2) is 5.61. The molecule has 1 aromatic rings. The largest absolute Gasteiger partial charge is 0.459 e. The monoisotopic (exact) mass is 328 g/mol. The number of hydrogen-bond donors (Lipinski definition) is 1. The highest BCUT2D eigenvalue weighted by Crippen LogP contribution is 2.31. The van der Waals surface area contributed by atoms with Gasteiger partial charge in [-0.3, -0.25) is 0 Å². The summed E-state index contributed by atoms with van der Waals surface area (Å²) in [6.45, 7) is 4.17. The van der Waals surface area contributed by atoms with Gasteiger partial charge in [-0.05, 0) is 31.2 Å². The first-order chi connectivity index (χ1) is 8.91. The van der Waals surface area contributed by atoms with Crippen LogP contribution in [0.5, 0.6) is 0 Å². The summed E-state index contributed by atoms with van der Waals surface area (Å²) < 4.78 is 11.6. The quantitative estimate of drug-likeness (QED) is 0.865. The summed E-state index contributed by atoms with van der Waals surface area (Å²) in [5.74, 6) is -0.379. The lowest BCUT2D eigenvalue weighted by molar-refractivity contribution is -0.0647. The molecule has 1 aliphatic heterocycles. The van der Waals surface area contributed by atoms with Gasteiger partial charge in [0.25, 0.3) is 0 Å². The predicted octanol–water partition coefficient (Wildman–Crippen LogP) is 2.39. The van der Waals surface area contributed by atoms with E-state index in [2.05, 4.69) is 15.9 Å². The molecule has 0 aliphatic carbocycles. The highest BCUT2D eigenvalue weighted by atomic mass is 79.9. The van der Waals surface area contributed by atoms with Gasteiger partial charge in [-0.1, -0.05) is 22.9 Å². The van der Waals surface area contributed by atoms with E-state index in [1.807, 2.05) is 6.92 Å². The fourth-order valence-corrected chi connectivity index (χ4v) is 2.22. The Labute approximate surface area is 120 Å². The second-order valence-corrected chi connectivity index (χ2v) is 5.97. The van der Waals surface area contributed by atoms with E-state index >= 15 is 0 Å². The number of esters is 1. The third kappa shape index (κ3) is 3.16. The number of ether oxygens (including phenoxy) is 2. The molecule has 1 aliphatic rings. The number of carbonyl (C=O) groups excluding carboxylic acids is 1. The normalized spacial score (nSPS) is 30.3. The molecule has 1 N–H and O–H groups in total. The maximum Gasteiger partial charge on any atom is 0.338 e. The molecule has 1 saturated heterocycles. The fourth-order valence-electron chi connectivity index (χ4n) is 1.95. The lowest BCUT2D eigenvalue weighted by Crippen LogP contribution is -2.42. The predicted molar refractivity (Wildman–Crippen MR) is 74.0 cm³/mol. The van der Waals surface area contributed by atoms with E-state index in [0.29, 0.717) is 12.2 Å². The van der Waals surface area contributed by atoms with Crippen molar-refractivity contribution in [2.24, 2.45) is 5.92 Å². The SMILES string of the molecule is C[C@H]1CO[C@H](COC(=O)c2ccc(Br)cc2)[C@@]1(C)O. The van der Waals surface area contributed by atoms with Crippen molar-refractivity contribution in [3.8, 4) is 0 Å². The van der Waals surface area contributed by atoms with Crippen LogP contribution in [0.15, 0.2) is 28.7 Å². The van der Waals surface area contributed by atoms with Crippen molar-refractivity contribution in [2.45, 2.75) is 25.6 Å². The van der Waals surface area contributed by atoms with Gasteiger partial charge in [0.05, 0.1) is 17.8 Å². The Morgan fingerprint density at radius 3 is 2.68 bits per heavy atom. The van der Waals surface area contributed by atoms with Crippen LogP contribution in [0.3, 0.4) is 0 Å². The van der Waals surface area contributed by atoms with Crippen molar-refractivity contribution in [3.05, 3.63) is 34.3 Å². The summed E-state index contributed by atoms with van der Waals surface area (Å²) in [7, 11) is 0. The highest BCUT2D eigenvalue weighted by Gasteiger charge is 2.44. The van der Waals surface area contributed by atoms with Crippen molar-refractivity contribution in [3.63, 3.8) is 0 Å². The van der Waals surface area contributed by atoms with E-state index in [-0.39, 0.29) is 12.5 Å². The first kappa shape index (κ1) is 14.5. The van der Waals surface area contributed by atoms with Gasteiger partial charge in [-0.25, -0.2) is 4.79 Å². The molecule has 3 atom stereocenters. The van der Waals surface area contributed by atoms with Crippen molar-refractivity contribution < 1.29 is 19.4 Å². The van der Waals surface area contributed by atoms with Crippen LogP contribution in [0.1, 0.15) is 24.2 Å². The fraction of sp³-hybridized carbons (Fsp3) is 0.500. The molecule has 19 heavy (non-hydrogen) atoms. The van der Waals surface area contributed by atoms with Crippen LogP contribution in [0, 0.1) is 5.92 Å². The van der Waals surface area contributed by atoms with E-state index in [1.165, 1.54) is 0 Å². The number of aliphatic hydroxyl groups is 1. The van der Waals surface area contributed by atoms with Crippen LogP contribution in [-0.4, -0.2) is 36.0 Å². The molecule has 5 heteroatoms. The lowest BCUT2D eigenvalue weighted by Gasteiger charge is -2.26. The van der Waals surface area contributed by atoms with Gasteiger partial charge in [0.1, 0.15) is 12.7 Å². The lowest BCUT2D eigenvalue weighted by atomic mass is 9.89. The first-order valence-corrected chi connectivity index (χ1v) is 6.97. The number of halogens is 1. The van der Waals surface area contributed by atoms with E-state index in [4.69, 9.17) is 9.47 Å². The molecule has 0 bridgehead atoms. The average Bonchev–Trinajstić information content (AvgIpc) is 2.62. The van der Waals surface area contributed by atoms with Crippen LogP contribution in [-0.2, 0) is 9.47 Å². The van der Waals surface area contributed by atoms with E-state index in [1.54, 1.807) is 31.2 Å². The summed E-state index contributed by atoms with van der Waals surface area (Å²) in [5, 5.41) is 10.2. The van der Waals surface area contributed by atoms with Gasteiger partial charge in [-0.2, -0.15) is 0 Å². The molecule has 0 radical (unpaired) electrons. The first-order valence-electron chi connectivity index (χ1n) is 6.18. The summed E-state index contributed by atoms with van der Waals surface area (Å²) in [4.78, 5) is 11.8. The Hall–Kier alpha value is -0.910. The zero-order chi connectivity index (χ0) is 14.0. The Bertz CT molecular complexity index is 455. The highest BCUT2D eigenvalue weighted by molar-refractivity contribution is 9.10. The van der Waals surface area contributed by atoms with Crippen LogP contribution >= 0.6 is 15.9 Å². The van der Waals surface area contributed by atoms with Crippen molar-refractivity contribution >= 4 is 21.9 Å². The maximum atomic E-state index is 11.8. The Morgan fingerprint density at radius 1 is 1.53 bits per heavy atom. The molecule has 2 rings (SSSR count). The zero-order valence-corrected chi connectivity index (χ0v) is 12.5. The Balaban J connectivity index is 1.92. The molecule has 4 nitrogen and oxygen atoms in total. The summed E-state index contributed by atoms with van der Waals surface area (Å²) in [6, 6.07) is 6.92. The van der Waals surface area contributed by atoms with Gasteiger partial charge >= 0.3 is 5.97 Å². The van der Waals surface area contributed by atoms with Gasteiger partial charge in [-0.15, -0.1) is 0 Å². The van der Waals surface area contributed by atoms with Crippen molar-refractivity contribution in [1.29, 1.82) is 0 Å². The smallest absolute Gasteiger partial charge is 0.338 e. The van der Waals surface area contributed by atoms with Gasteiger partial charge in [0, 0.05) is 10.4 Å². The summed E-state index contributed by atoms with van der Waals surface area (Å²) in [6.07, 6.45) is -0.470. The van der Waals surface area contributed by atoms with Crippen molar-refractivity contribution in [2.75, 3.05) is 13.2 Å². The van der Waals surface area contributed by atoms with E-state index < -0.39 is 17.7 Å². The molecule has 0 spiro atoms. The molecular formula is C14H17BrO4. The Kier molecular flexibility index (Phi) is 4.28. The molecule has 1 heterocycles. The molecule has 104 valence electrons. The average molecular weight is 329 g/mol. The Morgan fingerprint density at radius 2 is 2.16 bits per heavy atom. The molecule has 0 aromatic heterocycles. The molecule has 1 aromatic carbocycles. The molecule has 1 fully saturated rings. The standard InChI is InChI=1S/C14H17BrO4/c1-9-7-18-12(14(9,2)17)8-19-13(16)10-3-5-11(15)6-4-10/h3-6,9,12,17H,7-8H2,1-2H3/t9-,12+,14-/m0/s1. The van der Waals surface area contributed by atoms with Gasteiger partial charge in [0.15, 0.2) is 0 Å². The van der Waals surface area contributed by atoms with Crippen LogP contribution in [0.2, 0.25) is 0 Å². The molecule has 0 amide bonds. The molecular weight excluding hydrogens is 312 g/mol. The molecule has 0 saturated carbocycles. The van der Waals surface area contributed by atoms with Crippen LogP contribution in [0.4, 0.5) is 0 Å². The van der Waals surface area contributed by atoms with E-state index in [0.717, 1.165) is 4.47 Å². The number of carbonyl (C=O) groups is 1. The summed E-state index contributed by atoms with van der Waals surface area (Å²) in [5.41, 5.74) is -0.478. The van der Waals surface area contributed by atoms with Gasteiger partial charge < -0.3 is 14.6 Å². The van der Waals surface area contributed by atoms with Crippen LogP contribution < -0.4 is 0 Å². The van der Waals surface area contributed by atoms with Crippen molar-refractivity contribution in [1.82, 2.24) is 0 Å². The molecule has 0 unspecified atom stereocenters. The minimum Gasteiger partial charge on any atom is -0.459 e. The zero-order valence-electron chi connectivity index (χ0n) is 10.9. The topological polar surface area (TPSA) is 55.8 Å². The summed E-state index contributed by atoms with van der Waals surface area (Å²) >= 11 is 3.30. The maximum absolute atomic E-state index is 11.8. The third-order valence-corrected chi connectivity index (χ3v) is 4.17. The number of rotatable bonds is 3. The van der Waals surface area contributed by atoms with E-state index in [9.17, 15) is 9.90 Å². The number of hydrogen-bond acceptors (Lipinski definition) is 4. The number of benzene rings is 1. The minimum absolute atomic E-state index is 0.0314. The third-order valence-electron chi connectivity index (χ3n) is 3.64. The second-order valence-electron chi connectivity index (χ2n) is 5.05.